The smallest absolute Gasteiger partial charge is 0.218 e. The SMILES string of the molecule is Cc1cccc(CS(=O)(=O)N2CCC(CO)(NC(C)C)CC2)c1. The van der Waals surface area contributed by atoms with Gasteiger partial charge in [0.05, 0.1) is 12.4 Å². The minimum absolute atomic E-state index is 0.0386. The first-order chi connectivity index (χ1) is 10.8. The minimum Gasteiger partial charge on any atom is -0.394 e. The molecule has 1 aromatic rings. The van der Waals surface area contributed by atoms with E-state index in [1.54, 1.807) is 4.31 Å². The molecule has 1 aromatic carbocycles. The van der Waals surface area contributed by atoms with E-state index >= 15 is 0 Å². The molecule has 23 heavy (non-hydrogen) atoms. The normalized spacial score (nSPS) is 19.2. The second kappa shape index (κ2) is 7.30. The maximum absolute atomic E-state index is 12.6. The zero-order valence-corrected chi connectivity index (χ0v) is 15.1. The lowest BCUT2D eigenvalue weighted by Crippen LogP contribution is -2.58. The van der Waals surface area contributed by atoms with Crippen molar-refractivity contribution in [1.29, 1.82) is 0 Å². The monoisotopic (exact) mass is 340 g/mol. The van der Waals surface area contributed by atoms with Crippen LogP contribution in [0, 0.1) is 6.92 Å². The standard InChI is InChI=1S/C17H28N2O3S/c1-14(2)18-17(13-20)7-9-19(10-8-17)23(21,22)12-16-6-4-5-15(3)11-16/h4-6,11,14,18,20H,7-10,12-13H2,1-3H3. The van der Waals surface area contributed by atoms with Gasteiger partial charge in [0.2, 0.25) is 10.0 Å². The van der Waals surface area contributed by atoms with Gasteiger partial charge in [-0.25, -0.2) is 12.7 Å². The van der Waals surface area contributed by atoms with E-state index in [0.29, 0.717) is 25.9 Å². The lowest BCUT2D eigenvalue weighted by Gasteiger charge is -2.42. The van der Waals surface area contributed by atoms with E-state index in [2.05, 4.69) is 5.32 Å². The molecule has 1 fully saturated rings. The fourth-order valence-corrected chi connectivity index (χ4v) is 4.78. The molecular formula is C17H28N2O3S. The number of rotatable bonds is 6. The number of aliphatic hydroxyl groups excluding tert-OH is 1. The van der Waals surface area contributed by atoms with Crippen LogP contribution in [0.1, 0.15) is 37.8 Å². The Kier molecular flexibility index (Phi) is 5.84. The van der Waals surface area contributed by atoms with Crippen LogP contribution in [0.5, 0.6) is 0 Å². The molecule has 0 unspecified atom stereocenters. The number of piperidine rings is 1. The van der Waals surface area contributed by atoms with Gasteiger partial charge in [0.1, 0.15) is 0 Å². The average molecular weight is 340 g/mol. The average Bonchev–Trinajstić information content (AvgIpc) is 2.46. The van der Waals surface area contributed by atoms with E-state index < -0.39 is 10.0 Å². The minimum atomic E-state index is -3.32. The van der Waals surface area contributed by atoms with Gasteiger partial charge in [-0.1, -0.05) is 43.7 Å². The highest BCUT2D eigenvalue weighted by molar-refractivity contribution is 7.88. The van der Waals surface area contributed by atoms with Gasteiger partial charge in [-0.2, -0.15) is 0 Å². The fraction of sp³-hybridized carbons (Fsp3) is 0.647. The van der Waals surface area contributed by atoms with E-state index in [0.717, 1.165) is 11.1 Å². The lowest BCUT2D eigenvalue weighted by molar-refractivity contribution is 0.0984. The third-order valence-electron chi connectivity index (χ3n) is 4.40. The molecule has 5 nitrogen and oxygen atoms in total. The van der Waals surface area contributed by atoms with Crippen molar-refractivity contribution in [2.24, 2.45) is 0 Å². The molecule has 1 saturated heterocycles. The number of aryl methyl sites for hydroxylation is 1. The van der Waals surface area contributed by atoms with Crippen molar-refractivity contribution in [3.8, 4) is 0 Å². The van der Waals surface area contributed by atoms with Gasteiger partial charge in [-0.3, -0.25) is 0 Å². The van der Waals surface area contributed by atoms with Crippen molar-refractivity contribution in [2.75, 3.05) is 19.7 Å². The van der Waals surface area contributed by atoms with Crippen LogP contribution >= 0.6 is 0 Å². The highest BCUT2D eigenvalue weighted by atomic mass is 32.2. The molecule has 0 aromatic heterocycles. The highest BCUT2D eigenvalue weighted by Crippen LogP contribution is 2.25. The first kappa shape index (κ1) is 18.4. The maximum atomic E-state index is 12.6. The summed E-state index contributed by atoms with van der Waals surface area (Å²) in [5.74, 6) is 0.0401. The number of benzene rings is 1. The Morgan fingerprint density at radius 3 is 2.48 bits per heavy atom. The van der Waals surface area contributed by atoms with E-state index in [9.17, 15) is 13.5 Å². The summed E-state index contributed by atoms with van der Waals surface area (Å²) >= 11 is 0. The molecule has 0 bridgehead atoms. The summed E-state index contributed by atoms with van der Waals surface area (Å²) in [6.07, 6.45) is 1.27. The number of hydrogen-bond acceptors (Lipinski definition) is 4. The van der Waals surface area contributed by atoms with Crippen molar-refractivity contribution in [3.05, 3.63) is 35.4 Å². The van der Waals surface area contributed by atoms with Crippen LogP contribution in [0.3, 0.4) is 0 Å². The Labute approximate surface area is 139 Å². The zero-order valence-electron chi connectivity index (χ0n) is 14.2. The Hall–Kier alpha value is -0.950. The molecule has 0 atom stereocenters. The van der Waals surface area contributed by atoms with Crippen molar-refractivity contribution in [1.82, 2.24) is 9.62 Å². The third kappa shape index (κ3) is 4.76. The highest BCUT2D eigenvalue weighted by Gasteiger charge is 2.37. The largest absolute Gasteiger partial charge is 0.394 e. The lowest BCUT2D eigenvalue weighted by atomic mass is 9.88. The van der Waals surface area contributed by atoms with E-state index in [-0.39, 0.29) is 23.9 Å². The van der Waals surface area contributed by atoms with Crippen LogP contribution in [0.15, 0.2) is 24.3 Å². The molecule has 0 radical (unpaired) electrons. The number of hydrogen-bond donors (Lipinski definition) is 2. The number of nitrogens with one attached hydrogen (secondary N) is 1. The Morgan fingerprint density at radius 2 is 1.96 bits per heavy atom. The molecule has 2 N–H and O–H groups in total. The van der Waals surface area contributed by atoms with E-state index in [1.807, 2.05) is 45.0 Å². The van der Waals surface area contributed by atoms with Gasteiger partial charge in [0.25, 0.3) is 0 Å². The van der Waals surface area contributed by atoms with Crippen LogP contribution in [0.25, 0.3) is 0 Å². The van der Waals surface area contributed by atoms with Crippen molar-refractivity contribution in [2.45, 2.75) is 50.9 Å². The third-order valence-corrected chi connectivity index (χ3v) is 6.25. The fourth-order valence-electron chi connectivity index (χ4n) is 3.26. The van der Waals surface area contributed by atoms with Crippen LogP contribution in [0.4, 0.5) is 0 Å². The maximum Gasteiger partial charge on any atom is 0.218 e. The molecule has 0 aliphatic carbocycles. The summed E-state index contributed by atoms with van der Waals surface area (Å²) < 4.78 is 26.8. The Morgan fingerprint density at radius 1 is 1.30 bits per heavy atom. The van der Waals surface area contributed by atoms with Crippen LogP contribution < -0.4 is 5.32 Å². The van der Waals surface area contributed by atoms with Gasteiger partial charge in [-0.15, -0.1) is 0 Å². The van der Waals surface area contributed by atoms with Gasteiger partial charge in [0, 0.05) is 24.7 Å². The predicted octanol–water partition coefficient (Wildman–Crippen LogP) is 1.65. The Bertz CT molecular complexity index is 620. The number of nitrogens with zero attached hydrogens (tertiary/aromatic N) is 1. The molecule has 130 valence electrons. The second-order valence-electron chi connectivity index (χ2n) is 6.88. The second-order valence-corrected chi connectivity index (χ2v) is 8.85. The molecule has 1 aliphatic rings. The molecule has 2 rings (SSSR count). The number of aliphatic hydroxyl groups is 1. The molecule has 0 spiro atoms. The number of sulfonamides is 1. The summed E-state index contributed by atoms with van der Waals surface area (Å²) in [4.78, 5) is 0. The first-order valence-electron chi connectivity index (χ1n) is 8.18. The summed E-state index contributed by atoms with van der Waals surface area (Å²) in [5, 5.41) is 13.1. The van der Waals surface area contributed by atoms with E-state index in [4.69, 9.17) is 0 Å². The molecule has 1 aliphatic heterocycles. The molecule has 0 saturated carbocycles. The van der Waals surface area contributed by atoms with Gasteiger partial charge in [0.15, 0.2) is 0 Å². The van der Waals surface area contributed by atoms with Gasteiger partial charge in [-0.05, 0) is 25.3 Å². The summed E-state index contributed by atoms with van der Waals surface area (Å²) in [5.41, 5.74) is 1.53. The quantitative estimate of drug-likeness (QED) is 0.826. The topological polar surface area (TPSA) is 69.6 Å². The molecule has 0 amide bonds. The van der Waals surface area contributed by atoms with Crippen LogP contribution in [0.2, 0.25) is 0 Å². The van der Waals surface area contributed by atoms with Gasteiger partial charge < -0.3 is 10.4 Å². The summed E-state index contributed by atoms with van der Waals surface area (Å²) in [7, 11) is -3.32. The Balaban J connectivity index is 2.03. The predicted molar refractivity (Wildman–Crippen MR) is 92.7 cm³/mol. The van der Waals surface area contributed by atoms with Gasteiger partial charge >= 0.3 is 0 Å². The van der Waals surface area contributed by atoms with E-state index in [1.165, 1.54) is 0 Å². The van der Waals surface area contributed by atoms with Crippen molar-refractivity contribution >= 4 is 10.0 Å². The van der Waals surface area contributed by atoms with Crippen molar-refractivity contribution in [3.63, 3.8) is 0 Å². The molecular weight excluding hydrogens is 312 g/mol. The summed E-state index contributed by atoms with van der Waals surface area (Å²) in [6, 6.07) is 7.88. The molecule has 6 heteroatoms. The summed E-state index contributed by atoms with van der Waals surface area (Å²) in [6.45, 7) is 6.99. The van der Waals surface area contributed by atoms with Crippen LogP contribution in [-0.2, 0) is 15.8 Å². The first-order valence-corrected chi connectivity index (χ1v) is 9.79. The van der Waals surface area contributed by atoms with Crippen LogP contribution in [-0.4, -0.2) is 49.1 Å². The zero-order chi connectivity index (χ0) is 17.1. The van der Waals surface area contributed by atoms with Crippen molar-refractivity contribution < 1.29 is 13.5 Å². The molecule has 1 heterocycles.